The second kappa shape index (κ2) is 9.27. The number of amides is 1. The lowest BCUT2D eigenvalue weighted by Crippen LogP contribution is -2.15. The van der Waals surface area contributed by atoms with Crippen LogP contribution in [-0.2, 0) is 4.79 Å². The standard InChI is InChI=1S/C21H19FN6OS2/c1-13-19(14(2)28(27-13)15-8-4-3-5-9-15)24-18(29)12-30-21-26-25-20(31-21)23-17-11-7-6-10-16(17)22/h3-11H,12H2,1-2H3,(H,23,25)(H,24,29). The summed E-state index contributed by atoms with van der Waals surface area (Å²) in [7, 11) is 0. The minimum absolute atomic E-state index is 0.164. The van der Waals surface area contributed by atoms with E-state index in [1.807, 2.05) is 48.9 Å². The summed E-state index contributed by atoms with van der Waals surface area (Å²) in [6, 6.07) is 16.1. The van der Waals surface area contributed by atoms with Crippen molar-refractivity contribution in [3.05, 3.63) is 71.8 Å². The zero-order valence-corrected chi connectivity index (χ0v) is 18.4. The van der Waals surface area contributed by atoms with Gasteiger partial charge in [0.25, 0.3) is 0 Å². The Kier molecular flexibility index (Phi) is 6.28. The van der Waals surface area contributed by atoms with Gasteiger partial charge in [0, 0.05) is 0 Å². The SMILES string of the molecule is Cc1nn(-c2ccccc2)c(C)c1NC(=O)CSc1nnc(Nc2ccccc2F)s1. The number of para-hydroxylation sites is 2. The van der Waals surface area contributed by atoms with Crippen molar-refractivity contribution >= 4 is 45.5 Å². The maximum atomic E-state index is 13.7. The van der Waals surface area contributed by atoms with Gasteiger partial charge in [0.2, 0.25) is 11.0 Å². The van der Waals surface area contributed by atoms with Crippen molar-refractivity contribution in [3.63, 3.8) is 0 Å². The fourth-order valence-electron chi connectivity index (χ4n) is 2.94. The van der Waals surface area contributed by atoms with Gasteiger partial charge in [-0.1, -0.05) is 53.4 Å². The Morgan fingerprint density at radius 1 is 1.10 bits per heavy atom. The zero-order chi connectivity index (χ0) is 21.8. The first-order chi connectivity index (χ1) is 15.0. The number of thioether (sulfide) groups is 1. The largest absolute Gasteiger partial charge is 0.328 e. The van der Waals surface area contributed by atoms with E-state index in [0.29, 0.717) is 20.8 Å². The third-order valence-electron chi connectivity index (χ3n) is 4.41. The van der Waals surface area contributed by atoms with Gasteiger partial charge in [-0.25, -0.2) is 9.07 Å². The second-order valence-electron chi connectivity index (χ2n) is 6.61. The van der Waals surface area contributed by atoms with Crippen LogP contribution in [-0.4, -0.2) is 31.6 Å². The summed E-state index contributed by atoms with van der Waals surface area (Å²) in [5, 5.41) is 18.9. The number of anilines is 3. The van der Waals surface area contributed by atoms with E-state index in [9.17, 15) is 9.18 Å². The number of hydrogen-bond donors (Lipinski definition) is 2. The van der Waals surface area contributed by atoms with Gasteiger partial charge in [-0.15, -0.1) is 10.2 Å². The van der Waals surface area contributed by atoms with Gasteiger partial charge >= 0.3 is 0 Å². The van der Waals surface area contributed by atoms with E-state index in [1.165, 1.54) is 29.2 Å². The number of carbonyl (C=O) groups excluding carboxylic acids is 1. The molecule has 158 valence electrons. The Labute approximate surface area is 186 Å². The first kappa shape index (κ1) is 21.0. The number of rotatable bonds is 7. The van der Waals surface area contributed by atoms with Gasteiger partial charge in [0.15, 0.2) is 4.34 Å². The van der Waals surface area contributed by atoms with Crippen molar-refractivity contribution in [1.82, 2.24) is 20.0 Å². The molecule has 4 aromatic rings. The molecule has 0 aliphatic rings. The van der Waals surface area contributed by atoms with E-state index in [4.69, 9.17) is 0 Å². The molecular formula is C21H19FN6OS2. The average molecular weight is 455 g/mol. The van der Waals surface area contributed by atoms with E-state index in [-0.39, 0.29) is 17.5 Å². The monoisotopic (exact) mass is 454 g/mol. The highest BCUT2D eigenvalue weighted by Gasteiger charge is 2.16. The number of nitrogens with zero attached hydrogens (tertiary/aromatic N) is 4. The fourth-order valence-corrected chi connectivity index (χ4v) is 4.51. The highest BCUT2D eigenvalue weighted by molar-refractivity contribution is 8.01. The quantitative estimate of drug-likeness (QED) is 0.384. The summed E-state index contributed by atoms with van der Waals surface area (Å²) in [5.74, 6) is -0.361. The lowest BCUT2D eigenvalue weighted by molar-refractivity contribution is -0.113. The average Bonchev–Trinajstić information content (AvgIpc) is 3.34. The minimum Gasteiger partial charge on any atom is -0.328 e. The van der Waals surface area contributed by atoms with Crippen LogP contribution < -0.4 is 10.6 Å². The molecule has 0 atom stereocenters. The third-order valence-corrected chi connectivity index (χ3v) is 6.38. The summed E-state index contributed by atoms with van der Waals surface area (Å²) in [5.41, 5.74) is 3.56. The van der Waals surface area contributed by atoms with Crippen molar-refractivity contribution in [2.45, 2.75) is 18.2 Å². The van der Waals surface area contributed by atoms with Crippen LogP contribution in [0.3, 0.4) is 0 Å². The first-order valence-electron chi connectivity index (χ1n) is 9.40. The minimum atomic E-state index is -0.368. The van der Waals surface area contributed by atoms with E-state index < -0.39 is 0 Å². The van der Waals surface area contributed by atoms with Crippen LogP contribution in [0.5, 0.6) is 0 Å². The number of nitrogens with one attached hydrogen (secondary N) is 2. The van der Waals surface area contributed by atoms with Gasteiger partial charge in [-0.05, 0) is 38.1 Å². The predicted octanol–water partition coefficient (Wildman–Crippen LogP) is 4.95. The predicted molar refractivity (Wildman–Crippen MR) is 122 cm³/mol. The molecule has 0 aliphatic carbocycles. The van der Waals surface area contributed by atoms with Crippen LogP contribution in [0.4, 0.5) is 20.9 Å². The van der Waals surface area contributed by atoms with Gasteiger partial charge in [0.1, 0.15) is 5.82 Å². The first-order valence-corrected chi connectivity index (χ1v) is 11.2. The number of carbonyl (C=O) groups is 1. The molecule has 1 amide bonds. The Bertz CT molecular complexity index is 1210. The molecule has 10 heteroatoms. The van der Waals surface area contributed by atoms with Crippen molar-refractivity contribution in [3.8, 4) is 5.69 Å². The van der Waals surface area contributed by atoms with E-state index in [0.717, 1.165) is 17.1 Å². The van der Waals surface area contributed by atoms with Crippen LogP contribution in [0.2, 0.25) is 0 Å². The lowest BCUT2D eigenvalue weighted by Gasteiger charge is -2.06. The highest BCUT2D eigenvalue weighted by atomic mass is 32.2. The molecule has 0 unspecified atom stereocenters. The molecule has 7 nitrogen and oxygen atoms in total. The molecule has 0 aliphatic heterocycles. The third kappa shape index (κ3) is 4.92. The Morgan fingerprint density at radius 2 is 1.84 bits per heavy atom. The summed E-state index contributed by atoms with van der Waals surface area (Å²) < 4.78 is 16.2. The lowest BCUT2D eigenvalue weighted by atomic mass is 10.3. The molecule has 4 rings (SSSR count). The molecular weight excluding hydrogens is 435 g/mol. The molecule has 2 N–H and O–H groups in total. The summed E-state index contributed by atoms with van der Waals surface area (Å²) in [6.07, 6.45) is 0. The Hall–Kier alpha value is -3.24. The number of benzene rings is 2. The normalized spacial score (nSPS) is 10.8. The molecule has 0 radical (unpaired) electrons. The van der Waals surface area contributed by atoms with Crippen LogP contribution in [0.25, 0.3) is 5.69 Å². The molecule has 0 saturated carbocycles. The summed E-state index contributed by atoms with van der Waals surface area (Å²) in [6.45, 7) is 3.78. The number of halogens is 1. The van der Waals surface area contributed by atoms with E-state index in [1.54, 1.807) is 18.2 Å². The Balaban J connectivity index is 1.37. The fraction of sp³-hybridized carbons (Fsp3) is 0.143. The van der Waals surface area contributed by atoms with E-state index in [2.05, 4.69) is 25.9 Å². The van der Waals surface area contributed by atoms with Crippen LogP contribution in [0, 0.1) is 19.7 Å². The van der Waals surface area contributed by atoms with Crippen molar-refractivity contribution < 1.29 is 9.18 Å². The van der Waals surface area contributed by atoms with Crippen LogP contribution in [0.15, 0.2) is 58.9 Å². The maximum Gasteiger partial charge on any atom is 0.234 e. The van der Waals surface area contributed by atoms with Gasteiger partial charge in [0.05, 0.1) is 34.2 Å². The molecule has 0 saturated heterocycles. The second-order valence-corrected chi connectivity index (χ2v) is 8.81. The Morgan fingerprint density at radius 3 is 2.61 bits per heavy atom. The number of hydrogen-bond acceptors (Lipinski definition) is 7. The van der Waals surface area contributed by atoms with E-state index >= 15 is 0 Å². The molecule has 2 aromatic heterocycles. The molecule has 2 heterocycles. The highest BCUT2D eigenvalue weighted by Crippen LogP contribution is 2.29. The summed E-state index contributed by atoms with van der Waals surface area (Å²) >= 11 is 2.53. The van der Waals surface area contributed by atoms with Crippen molar-refractivity contribution in [1.29, 1.82) is 0 Å². The van der Waals surface area contributed by atoms with Crippen LogP contribution >= 0.6 is 23.1 Å². The molecule has 0 fully saturated rings. The molecule has 31 heavy (non-hydrogen) atoms. The van der Waals surface area contributed by atoms with Crippen molar-refractivity contribution in [2.75, 3.05) is 16.4 Å². The molecule has 2 aromatic carbocycles. The smallest absolute Gasteiger partial charge is 0.234 e. The maximum absolute atomic E-state index is 13.7. The number of aromatic nitrogens is 4. The molecule has 0 bridgehead atoms. The zero-order valence-electron chi connectivity index (χ0n) is 16.8. The van der Waals surface area contributed by atoms with Crippen LogP contribution in [0.1, 0.15) is 11.4 Å². The van der Waals surface area contributed by atoms with Gasteiger partial charge < -0.3 is 10.6 Å². The summed E-state index contributed by atoms with van der Waals surface area (Å²) in [4.78, 5) is 12.5. The topological polar surface area (TPSA) is 84.7 Å². The van der Waals surface area contributed by atoms with Gasteiger partial charge in [-0.3, -0.25) is 4.79 Å². The van der Waals surface area contributed by atoms with Crippen molar-refractivity contribution in [2.24, 2.45) is 0 Å². The number of aryl methyl sites for hydroxylation is 1. The van der Waals surface area contributed by atoms with Gasteiger partial charge in [-0.2, -0.15) is 5.10 Å². The molecule has 0 spiro atoms.